The predicted molar refractivity (Wildman–Crippen MR) is 129 cm³/mol. The summed E-state index contributed by atoms with van der Waals surface area (Å²) in [5.41, 5.74) is 1.19. The Hall–Kier alpha value is -3.75. The number of nitrogens with zero attached hydrogens (tertiary/aromatic N) is 2. The molecule has 1 aliphatic heterocycles. The van der Waals surface area contributed by atoms with Gasteiger partial charge in [-0.05, 0) is 48.5 Å². The largest absolute Gasteiger partial charge is 0.455 e. The molecule has 2 amide bonds. The lowest BCUT2D eigenvalue weighted by Crippen LogP contribution is -2.50. The number of para-hydroxylation sites is 3. The second kappa shape index (κ2) is 11.4. The second-order valence-corrected chi connectivity index (χ2v) is 8.07. The normalized spacial score (nSPS) is 14.4. The number of carbonyl (C=O) groups excluding carboxylic acids is 2. The standard InChI is InChI=1S/C26H27FN4O3/c27-20-10-12-21(13-11-20)28-25(32)18-30-14-16-31(17-15-30)19-26(33)29-23-8-4-5-9-24(23)34-22-6-2-1-3-7-22/h1-13H,14-19H2,(H,28,32)(H,29,33). The van der Waals surface area contributed by atoms with Crippen molar-refractivity contribution in [2.45, 2.75) is 0 Å². The molecule has 0 aromatic heterocycles. The maximum atomic E-state index is 13.0. The van der Waals surface area contributed by atoms with Crippen molar-refractivity contribution >= 4 is 23.2 Å². The summed E-state index contributed by atoms with van der Waals surface area (Å²) in [7, 11) is 0. The molecule has 0 spiro atoms. The van der Waals surface area contributed by atoms with E-state index >= 15 is 0 Å². The maximum absolute atomic E-state index is 13.0. The molecule has 0 radical (unpaired) electrons. The summed E-state index contributed by atoms with van der Waals surface area (Å²) in [6.07, 6.45) is 0. The van der Waals surface area contributed by atoms with E-state index in [4.69, 9.17) is 4.74 Å². The zero-order chi connectivity index (χ0) is 23.8. The minimum absolute atomic E-state index is 0.119. The molecule has 1 heterocycles. The zero-order valence-corrected chi connectivity index (χ0v) is 18.7. The van der Waals surface area contributed by atoms with Gasteiger partial charge in [0.25, 0.3) is 0 Å². The highest BCUT2D eigenvalue weighted by Crippen LogP contribution is 2.29. The Balaban J connectivity index is 1.22. The van der Waals surface area contributed by atoms with Gasteiger partial charge in [-0.15, -0.1) is 0 Å². The van der Waals surface area contributed by atoms with Crippen LogP contribution in [0.5, 0.6) is 11.5 Å². The fourth-order valence-electron chi connectivity index (χ4n) is 3.71. The molecule has 4 rings (SSSR count). The molecule has 2 N–H and O–H groups in total. The van der Waals surface area contributed by atoms with E-state index in [1.54, 1.807) is 0 Å². The number of halogens is 1. The number of amides is 2. The molecule has 34 heavy (non-hydrogen) atoms. The third-order valence-corrected chi connectivity index (χ3v) is 5.46. The van der Waals surface area contributed by atoms with Gasteiger partial charge in [-0.1, -0.05) is 30.3 Å². The molecule has 8 heteroatoms. The van der Waals surface area contributed by atoms with Gasteiger partial charge in [0.2, 0.25) is 11.8 Å². The van der Waals surface area contributed by atoms with Gasteiger partial charge < -0.3 is 15.4 Å². The Morgan fingerprint density at radius 3 is 1.94 bits per heavy atom. The van der Waals surface area contributed by atoms with Gasteiger partial charge in [0.1, 0.15) is 11.6 Å². The number of benzene rings is 3. The van der Waals surface area contributed by atoms with Crippen molar-refractivity contribution in [3.63, 3.8) is 0 Å². The van der Waals surface area contributed by atoms with Crippen LogP contribution in [-0.2, 0) is 9.59 Å². The van der Waals surface area contributed by atoms with E-state index in [0.29, 0.717) is 49.1 Å². The second-order valence-electron chi connectivity index (χ2n) is 8.07. The molecule has 0 bridgehead atoms. The van der Waals surface area contributed by atoms with E-state index < -0.39 is 0 Å². The van der Waals surface area contributed by atoms with Crippen molar-refractivity contribution in [2.24, 2.45) is 0 Å². The monoisotopic (exact) mass is 462 g/mol. The van der Waals surface area contributed by atoms with E-state index in [1.807, 2.05) is 59.5 Å². The Morgan fingerprint density at radius 1 is 0.735 bits per heavy atom. The van der Waals surface area contributed by atoms with Gasteiger partial charge in [-0.3, -0.25) is 19.4 Å². The van der Waals surface area contributed by atoms with Crippen molar-refractivity contribution < 1.29 is 18.7 Å². The van der Waals surface area contributed by atoms with Gasteiger partial charge in [0.15, 0.2) is 5.75 Å². The van der Waals surface area contributed by atoms with Crippen LogP contribution in [0.4, 0.5) is 15.8 Å². The lowest BCUT2D eigenvalue weighted by molar-refractivity contribution is -0.120. The SMILES string of the molecule is O=C(CN1CCN(CC(=O)Nc2ccccc2Oc2ccccc2)CC1)Nc1ccc(F)cc1. The first-order valence-electron chi connectivity index (χ1n) is 11.2. The average molecular weight is 463 g/mol. The fraction of sp³-hybridized carbons (Fsp3) is 0.231. The van der Waals surface area contributed by atoms with E-state index in [2.05, 4.69) is 15.5 Å². The molecule has 0 saturated carbocycles. The Morgan fingerprint density at radius 2 is 1.29 bits per heavy atom. The molecule has 1 fully saturated rings. The highest BCUT2D eigenvalue weighted by molar-refractivity contribution is 5.94. The Bertz CT molecular complexity index is 1100. The number of hydrogen-bond acceptors (Lipinski definition) is 5. The van der Waals surface area contributed by atoms with Crippen LogP contribution in [0.3, 0.4) is 0 Å². The molecule has 1 aliphatic rings. The van der Waals surface area contributed by atoms with E-state index in [0.717, 1.165) is 0 Å². The molecular formula is C26H27FN4O3. The van der Waals surface area contributed by atoms with Crippen LogP contribution in [0.1, 0.15) is 0 Å². The molecule has 0 unspecified atom stereocenters. The number of rotatable bonds is 8. The van der Waals surface area contributed by atoms with E-state index in [-0.39, 0.29) is 30.7 Å². The predicted octanol–water partition coefficient (Wildman–Crippen LogP) is 3.81. The Labute approximate surface area is 198 Å². The van der Waals surface area contributed by atoms with Gasteiger partial charge in [0, 0.05) is 31.9 Å². The lowest BCUT2D eigenvalue weighted by Gasteiger charge is -2.33. The van der Waals surface area contributed by atoms with Crippen LogP contribution >= 0.6 is 0 Å². The number of nitrogens with one attached hydrogen (secondary N) is 2. The summed E-state index contributed by atoms with van der Waals surface area (Å²) in [5.74, 6) is 0.674. The van der Waals surface area contributed by atoms with Crippen molar-refractivity contribution in [1.82, 2.24) is 9.80 Å². The topological polar surface area (TPSA) is 73.9 Å². The average Bonchev–Trinajstić information content (AvgIpc) is 2.84. The summed E-state index contributed by atoms with van der Waals surface area (Å²) >= 11 is 0. The van der Waals surface area contributed by atoms with Crippen LogP contribution < -0.4 is 15.4 Å². The molecule has 0 aliphatic carbocycles. The molecular weight excluding hydrogens is 435 g/mol. The van der Waals surface area contributed by atoms with Crippen LogP contribution in [0.15, 0.2) is 78.9 Å². The van der Waals surface area contributed by atoms with Crippen molar-refractivity contribution in [3.05, 3.63) is 84.7 Å². The molecule has 0 atom stereocenters. The lowest BCUT2D eigenvalue weighted by atomic mass is 10.2. The van der Waals surface area contributed by atoms with Crippen LogP contribution in [0.2, 0.25) is 0 Å². The molecule has 7 nitrogen and oxygen atoms in total. The quantitative estimate of drug-likeness (QED) is 0.533. The summed E-state index contributed by atoms with van der Waals surface area (Å²) < 4.78 is 18.9. The van der Waals surface area contributed by atoms with Crippen molar-refractivity contribution in [3.8, 4) is 11.5 Å². The third-order valence-electron chi connectivity index (χ3n) is 5.46. The smallest absolute Gasteiger partial charge is 0.238 e. The number of ether oxygens (including phenoxy) is 1. The van der Waals surface area contributed by atoms with E-state index in [1.165, 1.54) is 24.3 Å². The molecule has 3 aromatic carbocycles. The fourth-order valence-corrected chi connectivity index (χ4v) is 3.71. The number of carbonyl (C=O) groups is 2. The Kier molecular flexibility index (Phi) is 7.85. The molecule has 3 aromatic rings. The number of piperazine rings is 1. The molecule has 176 valence electrons. The van der Waals surface area contributed by atoms with E-state index in [9.17, 15) is 14.0 Å². The molecule has 1 saturated heterocycles. The number of hydrogen-bond donors (Lipinski definition) is 2. The highest BCUT2D eigenvalue weighted by Gasteiger charge is 2.21. The van der Waals surface area contributed by atoms with Crippen LogP contribution in [-0.4, -0.2) is 60.9 Å². The summed E-state index contributed by atoms with van der Waals surface area (Å²) in [5, 5.41) is 5.72. The third kappa shape index (κ3) is 6.87. The summed E-state index contributed by atoms with van der Waals surface area (Å²) in [6.45, 7) is 3.23. The first-order valence-corrected chi connectivity index (χ1v) is 11.2. The van der Waals surface area contributed by atoms with Crippen molar-refractivity contribution in [2.75, 3.05) is 49.9 Å². The zero-order valence-electron chi connectivity index (χ0n) is 18.7. The van der Waals surface area contributed by atoms with Gasteiger partial charge in [-0.2, -0.15) is 0 Å². The van der Waals surface area contributed by atoms with Crippen molar-refractivity contribution in [1.29, 1.82) is 0 Å². The maximum Gasteiger partial charge on any atom is 0.238 e. The minimum Gasteiger partial charge on any atom is -0.455 e. The highest BCUT2D eigenvalue weighted by atomic mass is 19.1. The minimum atomic E-state index is -0.342. The summed E-state index contributed by atoms with van der Waals surface area (Å²) in [4.78, 5) is 29.0. The first kappa shape index (κ1) is 23.4. The first-order chi connectivity index (χ1) is 16.5. The van der Waals surface area contributed by atoms with Crippen LogP contribution in [0, 0.1) is 5.82 Å². The number of anilines is 2. The van der Waals surface area contributed by atoms with Gasteiger partial charge in [0.05, 0.1) is 18.8 Å². The van der Waals surface area contributed by atoms with Crippen LogP contribution in [0.25, 0.3) is 0 Å². The summed E-state index contributed by atoms with van der Waals surface area (Å²) in [6, 6.07) is 22.4. The van der Waals surface area contributed by atoms with Gasteiger partial charge in [-0.25, -0.2) is 4.39 Å². The van der Waals surface area contributed by atoms with Gasteiger partial charge >= 0.3 is 0 Å².